The van der Waals surface area contributed by atoms with Crippen molar-refractivity contribution in [3.63, 3.8) is 0 Å². The standard InChI is InChI=1S/C12H17N2/c1-10-5-3-4-6-12(10)14-8-7-13-11(2)9-14/h3-7,11,13H,8-9H2,1-2H3. The zero-order valence-corrected chi connectivity index (χ0v) is 8.83. The predicted molar refractivity (Wildman–Crippen MR) is 60.3 cm³/mol. The molecular formula is C12H17N2. The van der Waals surface area contributed by atoms with Crippen LogP contribution in [0.15, 0.2) is 24.3 Å². The van der Waals surface area contributed by atoms with Crippen LogP contribution >= 0.6 is 0 Å². The Hall–Kier alpha value is -1.02. The Bertz CT molecular complexity index is 309. The predicted octanol–water partition coefficient (Wildman–Crippen LogP) is 1.95. The second-order valence-corrected chi connectivity index (χ2v) is 3.96. The summed E-state index contributed by atoms with van der Waals surface area (Å²) >= 11 is 0. The van der Waals surface area contributed by atoms with E-state index in [4.69, 9.17) is 0 Å². The number of piperazine rings is 1. The summed E-state index contributed by atoms with van der Waals surface area (Å²) < 4.78 is 0. The lowest BCUT2D eigenvalue weighted by atomic mass is 10.1. The van der Waals surface area contributed by atoms with Crippen LogP contribution in [0.25, 0.3) is 0 Å². The first kappa shape index (κ1) is 9.53. The fourth-order valence-corrected chi connectivity index (χ4v) is 1.94. The van der Waals surface area contributed by atoms with Crippen LogP contribution in [0.3, 0.4) is 0 Å². The minimum absolute atomic E-state index is 0.545. The third kappa shape index (κ3) is 1.90. The van der Waals surface area contributed by atoms with E-state index in [1.807, 2.05) is 0 Å². The van der Waals surface area contributed by atoms with Gasteiger partial charge in [-0.1, -0.05) is 18.2 Å². The number of para-hydroxylation sites is 1. The minimum atomic E-state index is 0.545. The van der Waals surface area contributed by atoms with Gasteiger partial charge in [0.25, 0.3) is 0 Å². The maximum absolute atomic E-state index is 3.33. The Morgan fingerprint density at radius 3 is 2.86 bits per heavy atom. The number of hydrogen-bond donors (Lipinski definition) is 1. The van der Waals surface area contributed by atoms with Crippen molar-refractivity contribution in [1.82, 2.24) is 5.32 Å². The van der Waals surface area contributed by atoms with Crippen LogP contribution in [-0.4, -0.2) is 19.1 Å². The van der Waals surface area contributed by atoms with Gasteiger partial charge in [-0.3, -0.25) is 0 Å². The van der Waals surface area contributed by atoms with Crippen molar-refractivity contribution in [2.45, 2.75) is 19.9 Å². The third-order valence-corrected chi connectivity index (χ3v) is 2.66. The molecular weight excluding hydrogens is 172 g/mol. The maximum Gasteiger partial charge on any atom is 0.0418 e. The average molecular weight is 189 g/mol. The smallest absolute Gasteiger partial charge is 0.0418 e. The molecule has 2 rings (SSSR count). The zero-order chi connectivity index (χ0) is 9.97. The lowest BCUT2D eigenvalue weighted by molar-refractivity contribution is 0.532. The van der Waals surface area contributed by atoms with Crippen molar-refractivity contribution in [2.75, 3.05) is 18.0 Å². The lowest BCUT2D eigenvalue weighted by Gasteiger charge is -2.34. The summed E-state index contributed by atoms with van der Waals surface area (Å²) in [5, 5.41) is 3.33. The normalized spacial score (nSPS) is 22.4. The third-order valence-electron chi connectivity index (χ3n) is 2.66. The van der Waals surface area contributed by atoms with Gasteiger partial charge in [-0.05, 0) is 25.5 Å². The van der Waals surface area contributed by atoms with Gasteiger partial charge in [0.2, 0.25) is 0 Å². The fourth-order valence-electron chi connectivity index (χ4n) is 1.94. The molecule has 1 radical (unpaired) electrons. The molecule has 0 spiro atoms. The molecule has 1 heterocycles. The molecule has 1 unspecified atom stereocenters. The number of anilines is 1. The van der Waals surface area contributed by atoms with Gasteiger partial charge in [-0.2, -0.15) is 0 Å². The second-order valence-electron chi connectivity index (χ2n) is 3.96. The first-order valence-electron chi connectivity index (χ1n) is 5.15. The number of nitrogens with one attached hydrogen (secondary N) is 1. The number of hydrogen-bond acceptors (Lipinski definition) is 2. The van der Waals surface area contributed by atoms with Crippen LogP contribution in [-0.2, 0) is 0 Å². The summed E-state index contributed by atoms with van der Waals surface area (Å²) in [6.45, 7) is 8.60. The van der Waals surface area contributed by atoms with Crippen molar-refractivity contribution in [3.8, 4) is 0 Å². The monoisotopic (exact) mass is 189 g/mol. The van der Waals surface area contributed by atoms with Gasteiger partial charge >= 0.3 is 0 Å². The highest BCUT2D eigenvalue weighted by Gasteiger charge is 2.16. The largest absolute Gasteiger partial charge is 0.368 e. The molecule has 0 aliphatic carbocycles. The van der Waals surface area contributed by atoms with E-state index in [2.05, 4.69) is 54.9 Å². The molecule has 1 aromatic carbocycles. The number of aryl methyl sites for hydroxylation is 1. The minimum Gasteiger partial charge on any atom is -0.368 e. The van der Waals surface area contributed by atoms with E-state index < -0.39 is 0 Å². The molecule has 0 amide bonds. The van der Waals surface area contributed by atoms with Crippen LogP contribution in [0.5, 0.6) is 0 Å². The van der Waals surface area contributed by atoms with E-state index in [1.165, 1.54) is 11.3 Å². The molecule has 1 saturated heterocycles. The van der Waals surface area contributed by atoms with E-state index in [-0.39, 0.29) is 0 Å². The van der Waals surface area contributed by atoms with Gasteiger partial charge in [0.15, 0.2) is 0 Å². The molecule has 2 heteroatoms. The van der Waals surface area contributed by atoms with Gasteiger partial charge in [-0.25, -0.2) is 0 Å². The Morgan fingerprint density at radius 2 is 2.14 bits per heavy atom. The highest BCUT2D eigenvalue weighted by atomic mass is 15.2. The topological polar surface area (TPSA) is 15.3 Å². The van der Waals surface area contributed by atoms with Crippen LogP contribution in [0.2, 0.25) is 0 Å². The summed E-state index contributed by atoms with van der Waals surface area (Å²) in [6, 6.07) is 9.11. The highest BCUT2D eigenvalue weighted by Crippen LogP contribution is 2.20. The Morgan fingerprint density at radius 1 is 1.36 bits per heavy atom. The Balaban J connectivity index is 2.18. The number of nitrogens with zero attached hydrogens (tertiary/aromatic N) is 1. The maximum atomic E-state index is 3.33. The SMILES string of the molecule is Cc1ccccc1N1C[CH]NC(C)C1. The molecule has 1 fully saturated rings. The fraction of sp³-hybridized carbons (Fsp3) is 0.417. The van der Waals surface area contributed by atoms with Gasteiger partial charge in [-0.15, -0.1) is 0 Å². The van der Waals surface area contributed by atoms with Crippen LogP contribution in [0.4, 0.5) is 5.69 Å². The van der Waals surface area contributed by atoms with E-state index in [0.717, 1.165) is 13.1 Å². The summed E-state index contributed by atoms with van der Waals surface area (Å²) in [5.41, 5.74) is 2.71. The van der Waals surface area contributed by atoms with Gasteiger partial charge in [0.05, 0.1) is 0 Å². The van der Waals surface area contributed by atoms with E-state index in [0.29, 0.717) is 6.04 Å². The summed E-state index contributed by atoms with van der Waals surface area (Å²) in [7, 11) is 0. The molecule has 0 saturated carbocycles. The molecule has 1 aliphatic heterocycles. The van der Waals surface area contributed by atoms with Crippen LogP contribution in [0.1, 0.15) is 12.5 Å². The highest BCUT2D eigenvalue weighted by molar-refractivity contribution is 5.53. The number of rotatable bonds is 1. The second kappa shape index (κ2) is 4.01. The summed E-state index contributed by atoms with van der Waals surface area (Å²) in [5.74, 6) is 0. The Labute approximate surface area is 85.9 Å². The molecule has 1 aliphatic rings. The molecule has 2 nitrogen and oxygen atoms in total. The molecule has 0 bridgehead atoms. The van der Waals surface area contributed by atoms with Gasteiger partial charge in [0, 0.05) is 31.4 Å². The van der Waals surface area contributed by atoms with Crippen molar-refractivity contribution in [3.05, 3.63) is 36.4 Å². The van der Waals surface area contributed by atoms with Crippen molar-refractivity contribution in [2.24, 2.45) is 0 Å². The van der Waals surface area contributed by atoms with E-state index >= 15 is 0 Å². The molecule has 0 aromatic heterocycles. The van der Waals surface area contributed by atoms with E-state index in [1.54, 1.807) is 0 Å². The van der Waals surface area contributed by atoms with E-state index in [9.17, 15) is 0 Å². The molecule has 1 atom stereocenters. The quantitative estimate of drug-likeness (QED) is 0.726. The van der Waals surface area contributed by atoms with Crippen LogP contribution < -0.4 is 10.2 Å². The zero-order valence-electron chi connectivity index (χ0n) is 8.83. The lowest BCUT2D eigenvalue weighted by Crippen LogP contribution is -2.46. The van der Waals surface area contributed by atoms with Crippen molar-refractivity contribution < 1.29 is 0 Å². The molecule has 14 heavy (non-hydrogen) atoms. The summed E-state index contributed by atoms with van der Waals surface area (Å²) in [4.78, 5) is 2.41. The first-order valence-corrected chi connectivity index (χ1v) is 5.15. The number of benzene rings is 1. The average Bonchev–Trinajstić information content (AvgIpc) is 2.18. The molecule has 1 N–H and O–H groups in total. The molecule has 1 aromatic rings. The Kier molecular flexibility index (Phi) is 2.73. The molecule has 75 valence electrons. The van der Waals surface area contributed by atoms with Crippen molar-refractivity contribution >= 4 is 5.69 Å². The first-order chi connectivity index (χ1) is 6.77. The van der Waals surface area contributed by atoms with Crippen LogP contribution in [0, 0.1) is 13.5 Å². The van der Waals surface area contributed by atoms with Gasteiger partial charge in [0.1, 0.15) is 0 Å². The van der Waals surface area contributed by atoms with Gasteiger partial charge < -0.3 is 10.2 Å². The summed E-state index contributed by atoms with van der Waals surface area (Å²) in [6.07, 6.45) is 0. The van der Waals surface area contributed by atoms with Crippen molar-refractivity contribution in [1.29, 1.82) is 0 Å².